The van der Waals surface area contributed by atoms with Crippen LogP contribution >= 0.6 is 23.8 Å². The Bertz CT molecular complexity index is 781. The van der Waals surface area contributed by atoms with E-state index in [0.717, 1.165) is 60.5 Å². The summed E-state index contributed by atoms with van der Waals surface area (Å²) in [5.41, 5.74) is 1.06. The first-order chi connectivity index (χ1) is 13.7. The van der Waals surface area contributed by atoms with Gasteiger partial charge in [0.15, 0.2) is 10.6 Å². The number of unbranched alkanes of at least 4 members (excludes halogenated alkanes) is 5. The van der Waals surface area contributed by atoms with E-state index in [2.05, 4.69) is 16.4 Å². The molecule has 0 unspecified atom stereocenters. The molecule has 2 aromatic rings. The van der Waals surface area contributed by atoms with Crippen molar-refractivity contribution in [3.05, 3.63) is 34.1 Å². The summed E-state index contributed by atoms with van der Waals surface area (Å²) in [6.45, 7) is 7.26. The molecule has 0 spiro atoms. The number of nitrogens with zero attached hydrogens (tertiary/aromatic N) is 4. The molecule has 1 saturated heterocycles. The van der Waals surface area contributed by atoms with Crippen LogP contribution in [0.25, 0.3) is 11.4 Å². The summed E-state index contributed by atoms with van der Waals surface area (Å²) < 4.78 is 10.4. The number of benzene rings is 1. The van der Waals surface area contributed by atoms with Gasteiger partial charge >= 0.3 is 0 Å². The highest BCUT2D eigenvalue weighted by Gasteiger charge is 2.16. The van der Waals surface area contributed by atoms with E-state index in [1.165, 1.54) is 32.1 Å². The Morgan fingerprint density at radius 1 is 1.04 bits per heavy atom. The molecule has 0 N–H and O–H groups in total. The zero-order valence-corrected chi connectivity index (χ0v) is 18.4. The largest absolute Gasteiger partial charge is 0.379 e. The van der Waals surface area contributed by atoms with Crippen LogP contribution in [0.2, 0.25) is 5.02 Å². The van der Waals surface area contributed by atoms with Crippen LogP contribution in [0.15, 0.2) is 24.3 Å². The molecule has 28 heavy (non-hydrogen) atoms. The molecule has 3 rings (SSSR count). The van der Waals surface area contributed by atoms with Gasteiger partial charge in [0, 0.05) is 30.2 Å². The van der Waals surface area contributed by atoms with Crippen molar-refractivity contribution in [2.24, 2.45) is 0 Å². The Hall–Kier alpha value is -1.21. The number of hydrogen-bond acceptors (Lipinski definition) is 4. The topological polar surface area (TPSA) is 35.2 Å². The minimum atomic E-state index is 0.715. The average molecular weight is 423 g/mol. The van der Waals surface area contributed by atoms with Gasteiger partial charge in [-0.05, 0) is 42.9 Å². The monoisotopic (exact) mass is 422 g/mol. The lowest BCUT2D eigenvalue weighted by Gasteiger charge is -2.26. The lowest BCUT2D eigenvalue weighted by molar-refractivity contribution is 0.0209. The number of halogens is 1. The molecule has 1 fully saturated rings. The molecule has 1 aromatic heterocycles. The Morgan fingerprint density at radius 3 is 2.43 bits per heavy atom. The summed E-state index contributed by atoms with van der Waals surface area (Å²) in [4.78, 5) is 2.34. The van der Waals surface area contributed by atoms with E-state index in [0.29, 0.717) is 6.67 Å². The minimum absolute atomic E-state index is 0.715. The number of morpholine rings is 1. The maximum atomic E-state index is 6.08. The molecule has 1 aromatic carbocycles. The molecule has 1 aliphatic rings. The molecule has 7 heteroatoms. The standard InChI is InChI=1S/C21H31ClN4OS/c1-2-3-4-5-6-7-12-25-20(18-8-10-19(22)11-9-18)23-26(21(25)28)17-24-13-15-27-16-14-24/h8-11H,2-7,12-17H2,1H3. The third-order valence-electron chi connectivity index (χ3n) is 5.20. The van der Waals surface area contributed by atoms with Crippen LogP contribution in [0, 0.1) is 4.77 Å². The lowest BCUT2D eigenvalue weighted by Crippen LogP contribution is -2.37. The zero-order chi connectivity index (χ0) is 19.8. The van der Waals surface area contributed by atoms with Crippen LogP contribution in [0.3, 0.4) is 0 Å². The summed E-state index contributed by atoms with van der Waals surface area (Å²) in [6.07, 6.45) is 7.58. The van der Waals surface area contributed by atoms with E-state index in [1.807, 2.05) is 28.9 Å². The summed E-state index contributed by atoms with van der Waals surface area (Å²) >= 11 is 11.9. The van der Waals surface area contributed by atoms with Crippen molar-refractivity contribution in [1.82, 2.24) is 19.2 Å². The number of aromatic nitrogens is 3. The highest BCUT2D eigenvalue weighted by atomic mass is 35.5. The van der Waals surface area contributed by atoms with Crippen molar-refractivity contribution in [2.75, 3.05) is 26.3 Å². The molecule has 2 heterocycles. The van der Waals surface area contributed by atoms with Gasteiger partial charge in [0.1, 0.15) is 0 Å². The fourth-order valence-electron chi connectivity index (χ4n) is 3.53. The Balaban J connectivity index is 1.76. The number of hydrogen-bond donors (Lipinski definition) is 0. The second kappa shape index (κ2) is 11.1. The van der Waals surface area contributed by atoms with Gasteiger partial charge in [0.25, 0.3) is 0 Å². The SMILES string of the molecule is CCCCCCCCn1c(-c2ccc(Cl)cc2)nn(CN2CCOCC2)c1=S. The van der Waals surface area contributed by atoms with Crippen molar-refractivity contribution in [2.45, 2.75) is 58.7 Å². The van der Waals surface area contributed by atoms with Gasteiger partial charge < -0.3 is 4.74 Å². The van der Waals surface area contributed by atoms with Crippen molar-refractivity contribution in [3.8, 4) is 11.4 Å². The van der Waals surface area contributed by atoms with E-state index in [9.17, 15) is 0 Å². The highest BCUT2D eigenvalue weighted by molar-refractivity contribution is 7.71. The quantitative estimate of drug-likeness (QED) is 0.380. The van der Waals surface area contributed by atoms with Gasteiger partial charge in [0.2, 0.25) is 0 Å². The van der Waals surface area contributed by atoms with Gasteiger partial charge in [-0.15, -0.1) is 0 Å². The molecule has 5 nitrogen and oxygen atoms in total. The van der Waals surface area contributed by atoms with Crippen LogP contribution in [0.4, 0.5) is 0 Å². The van der Waals surface area contributed by atoms with Gasteiger partial charge in [0.05, 0.1) is 19.9 Å². The smallest absolute Gasteiger partial charge is 0.199 e. The van der Waals surface area contributed by atoms with Crippen molar-refractivity contribution in [1.29, 1.82) is 0 Å². The highest BCUT2D eigenvalue weighted by Crippen LogP contribution is 2.22. The second-order valence-electron chi connectivity index (χ2n) is 7.40. The molecule has 0 aliphatic carbocycles. The van der Waals surface area contributed by atoms with Crippen LogP contribution in [0.1, 0.15) is 45.4 Å². The second-order valence-corrected chi connectivity index (χ2v) is 8.21. The van der Waals surface area contributed by atoms with E-state index < -0.39 is 0 Å². The molecule has 0 radical (unpaired) electrons. The Kier molecular flexibility index (Phi) is 8.52. The maximum Gasteiger partial charge on any atom is 0.199 e. The molecular formula is C21H31ClN4OS. The van der Waals surface area contributed by atoms with Crippen molar-refractivity contribution >= 4 is 23.8 Å². The normalized spacial score (nSPS) is 15.2. The maximum absolute atomic E-state index is 6.08. The minimum Gasteiger partial charge on any atom is -0.379 e. The van der Waals surface area contributed by atoms with Crippen molar-refractivity contribution in [3.63, 3.8) is 0 Å². The van der Waals surface area contributed by atoms with Gasteiger partial charge in [-0.25, -0.2) is 4.68 Å². The lowest BCUT2D eigenvalue weighted by atomic mass is 10.1. The molecule has 0 amide bonds. The summed E-state index contributed by atoms with van der Waals surface area (Å²) in [5, 5.41) is 5.62. The van der Waals surface area contributed by atoms with Crippen LogP contribution in [-0.4, -0.2) is 45.6 Å². The fraction of sp³-hybridized carbons (Fsp3) is 0.619. The van der Waals surface area contributed by atoms with E-state index >= 15 is 0 Å². The summed E-state index contributed by atoms with van der Waals surface area (Å²) in [5.74, 6) is 0.934. The molecule has 0 bridgehead atoms. The van der Waals surface area contributed by atoms with E-state index in [1.54, 1.807) is 0 Å². The molecule has 0 saturated carbocycles. The van der Waals surface area contributed by atoms with E-state index in [4.69, 9.17) is 33.7 Å². The van der Waals surface area contributed by atoms with Crippen LogP contribution in [-0.2, 0) is 18.0 Å². The number of ether oxygens (including phenoxy) is 1. The fourth-order valence-corrected chi connectivity index (χ4v) is 3.93. The van der Waals surface area contributed by atoms with Crippen LogP contribution in [0.5, 0.6) is 0 Å². The van der Waals surface area contributed by atoms with Gasteiger partial charge in [-0.2, -0.15) is 5.10 Å². The predicted octanol–water partition coefficient (Wildman–Crippen LogP) is 5.38. The Morgan fingerprint density at radius 2 is 1.71 bits per heavy atom. The van der Waals surface area contributed by atoms with Gasteiger partial charge in [-0.3, -0.25) is 9.47 Å². The predicted molar refractivity (Wildman–Crippen MR) is 117 cm³/mol. The van der Waals surface area contributed by atoms with Gasteiger partial charge in [-0.1, -0.05) is 50.6 Å². The molecule has 0 atom stereocenters. The third-order valence-corrected chi connectivity index (χ3v) is 5.88. The third kappa shape index (κ3) is 5.89. The van der Waals surface area contributed by atoms with Crippen molar-refractivity contribution < 1.29 is 4.74 Å². The number of rotatable bonds is 10. The zero-order valence-electron chi connectivity index (χ0n) is 16.8. The molecule has 154 valence electrons. The first-order valence-corrected chi connectivity index (χ1v) is 11.2. The first-order valence-electron chi connectivity index (χ1n) is 10.4. The Labute approximate surface area is 178 Å². The summed E-state index contributed by atoms with van der Waals surface area (Å²) in [7, 11) is 0. The molecule has 1 aliphatic heterocycles. The van der Waals surface area contributed by atoms with Crippen LogP contribution < -0.4 is 0 Å². The van der Waals surface area contributed by atoms with E-state index in [-0.39, 0.29) is 0 Å². The molecular weight excluding hydrogens is 392 g/mol. The summed E-state index contributed by atoms with van der Waals surface area (Å²) in [6, 6.07) is 7.87. The first kappa shape index (κ1) is 21.5. The average Bonchev–Trinajstić information content (AvgIpc) is 3.01.